The fourth-order valence-electron chi connectivity index (χ4n) is 1.95. The van der Waals surface area contributed by atoms with E-state index in [-0.39, 0.29) is 12.5 Å². The largest absolute Gasteiger partial charge is 0.465 e. The van der Waals surface area contributed by atoms with Gasteiger partial charge in [-0.3, -0.25) is 4.79 Å². The second-order valence-corrected chi connectivity index (χ2v) is 5.30. The Morgan fingerprint density at radius 1 is 1.58 bits per heavy atom. The van der Waals surface area contributed by atoms with E-state index in [1.807, 2.05) is 11.0 Å². The molecular weight excluding hydrogens is 308 g/mol. The van der Waals surface area contributed by atoms with Crippen LogP contribution < -0.4 is 4.90 Å². The zero-order valence-electron chi connectivity index (χ0n) is 10.7. The summed E-state index contributed by atoms with van der Waals surface area (Å²) in [7, 11) is 0. The highest BCUT2D eigenvalue weighted by Crippen LogP contribution is 2.36. The van der Waals surface area contributed by atoms with Crippen LogP contribution >= 0.6 is 15.9 Å². The second-order valence-electron chi connectivity index (χ2n) is 4.44. The zero-order chi connectivity index (χ0) is 13.8. The van der Waals surface area contributed by atoms with E-state index in [1.165, 1.54) is 0 Å². The molecule has 1 aromatic rings. The van der Waals surface area contributed by atoms with Crippen molar-refractivity contribution in [3.63, 3.8) is 0 Å². The highest BCUT2D eigenvalue weighted by molar-refractivity contribution is 9.10. The van der Waals surface area contributed by atoms with E-state index in [0.717, 1.165) is 23.0 Å². The maximum atomic E-state index is 11.7. The van der Waals surface area contributed by atoms with Crippen molar-refractivity contribution < 1.29 is 9.53 Å². The zero-order valence-corrected chi connectivity index (χ0v) is 12.3. The molecule has 0 atom stereocenters. The SMILES string of the molecule is CCOC(=O)CN(c1ccc(C#N)cc1Br)C1CC1. The topological polar surface area (TPSA) is 53.3 Å². The van der Waals surface area contributed by atoms with Gasteiger partial charge >= 0.3 is 5.97 Å². The van der Waals surface area contributed by atoms with Crippen LogP contribution in [0.25, 0.3) is 0 Å². The van der Waals surface area contributed by atoms with Crippen molar-refractivity contribution in [2.24, 2.45) is 0 Å². The summed E-state index contributed by atoms with van der Waals surface area (Å²) in [4.78, 5) is 13.7. The first-order chi connectivity index (χ1) is 9.15. The van der Waals surface area contributed by atoms with Gasteiger partial charge in [0.2, 0.25) is 0 Å². The van der Waals surface area contributed by atoms with Gasteiger partial charge < -0.3 is 9.64 Å². The predicted octanol–water partition coefficient (Wildman–Crippen LogP) is 2.85. The molecule has 0 spiro atoms. The summed E-state index contributed by atoms with van der Waals surface area (Å²) < 4.78 is 5.84. The molecule has 5 heteroatoms. The van der Waals surface area contributed by atoms with Crippen LogP contribution in [-0.2, 0) is 9.53 Å². The molecule has 0 amide bonds. The number of ether oxygens (including phenoxy) is 1. The molecule has 4 nitrogen and oxygen atoms in total. The van der Waals surface area contributed by atoms with Crippen LogP contribution in [0.3, 0.4) is 0 Å². The Labute approximate surface area is 121 Å². The molecule has 2 rings (SSSR count). The maximum absolute atomic E-state index is 11.7. The molecule has 1 aromatic carbocycles. The molecule has 1 aliphatic carbocycles. The number of nitriles is 1. The van der Waals surface area contributed by atoms with Crippen LogP contribution in [0.4, 0.5) is 5.69 Å². The number of benzene rings is 1. The van der Waals surface area contributed by atoms with Gasteiger partial charge in [-0.15, -0.1) is 0 Å². The number of halogens is 1. The van der Waals surface area contributed by atoms with Crippen molar-refractivity contribution in [1.29, 1.82) is 5.26 Å². The Hall–Kier alpha value is -1.54. The second kappa shape index (κ2) is 6.07. The average molecular weight is 323 g/mol. The van der Waals surface area contributed by atoms with E-state index in [2.05, 4.69) is 22.0 Å². The highest BCUT2D eigenvalue weighted by atomic mass is 79.9. The first kappa shape index (κ1) is 13.9. The van der Waals surface area contributed by atoms with Gasteiger partial charge in [0, 0.05) is 10.5 Å². The first-order valence-corrected chi connectivity index (χ1v) is 7.07. The van der Waals surface area contributed by atoms with E-state index < -0.39 is 0 Å². The van der Waals surface area contributed by atoms with Crippen LogP contribution in [0.15, 0.2) is 22.7 Å². The number of nitrogens with zero attached hydrogens (tertiary/aromatic N) is 2. The molecule has 1 aliphatic rings. The van der Waals surface area contributed by atoms with Gasteiger partial charge in [-0.1, -0.05) is 0 Å². The van der Waals surface area contributed by atoms with Gasteiger partial charge in [0.1, 0.15) is 6.54 Å². The van der Waals surface area contributed by atoms with Crippen LogP contribution in [0.2, 0.25) is 0 Å². The average Bonchev–Trinajstić information content (AvgIpc) is 3.21. The summed E-state index contributed by atoms with van der Waals surface area (Å²) in [6.07, 6.45) is 2.18. The number of esters is 1. The Morgan fingerprint density at radius 2 is 2.32 bits per heavy atom. The molecule has 0 aromatic heterocycles. The fraction of sp³-hybridized carbons (Fsp3) is 0.429. The van der Waals surface area contributed by atoms with E-state index in [9.17, 15) is 4.79 Å². The molecule has 19 heavy (non-hydrogen) atoms. The lowest BCUT2D eigenvalue weighted by molar-refractivity contribution is -0.141. The molecule has 0 aliphatic heterocycles. The van der Waals surface area contributed by atoms with Gasteiger partial charge in [0.05, 0.1) is 23.9 Å². The normalized spacial score (nSPS) is 13.7. The number of hydrogen-bond donors (Lipinski definition) is 0. The van der Waals surface area contributed by atoms with Crippen LogP contribution in [0.5, 0.6) is 0 Å². The summed E-state index contributed by atoms with van der Waals surface area (Å²) in [6.45, 7) is 2.45. The van der Waals surface area contributed by atoms with E-state index in [0.29, 0.717) is 18.2 Å². The van der Waals surface area contributed by atoms with Gasteiger partial charge in [-0.2, -0.15) is 5.26 Å². The monoisotopic (exact) mass is 322 g/mol. The Kier molecular flexibility index (Phi) is 4.43. The molecule has 0 radical (unpaired) electrons. The van der Waals surface area contributed by atoms with Gasteiger partial charge in [-0.25, -0.2) is 0 Å². The lowest BCUT2D eigenvalue weighted by Gasteiger charge is -2.24. The molecule has 1 saturated carbocycles. The third-order valence-electron chi connectivity index (χ3n) is 2.98. The fourth-order valence-corrected chi connectivity index (χ4v) is 2.56. The lowest BCUT2D eigenvalue weighted by Crippen LogP contribution is -2.33. The molecule has 0 saturated heterocycles. The Bertz CT molecular complexity index is 521. The minimum Gasteiger partial charge on any atom is -0.465 e. The minimum absolute atomic E-state index is 0.217. The van der Waals surface area contributed by atoms with Gasteiger partial charge in [-0.05, 0) is 53.9 Å². The molecule has 0 heterocycles. The summed E-state index contributed by atoms with van der Waals surface area (Å²) in [5.41, 5.74) is 1.54. The van der Waals surface area contributed by atoms with Gasteiger partial charge in [0.25, 0.3) is 0 Å². The Balaban J connectivity index is 2.20. The van der Waals surface area contributed by atoms with Crippen molar-refractivity contribution >= 4 is 27.6 Å². The summed E-state index contributed by atoms with van der Waals surface area (Å²) in [5.74, 6) is -0.217. The predicted molar refractivity (Wildman–Crippen MR) is 75.9 cm³/mol. The van der Waals surface area contributed by atoms with Crippen molar-refractivity contribution in [3.05, 3.63) is 28.2 Å². The molecule has 1 fully saturated rings. The first-order valence-electron chi connectivity index (χ1n) is 6.27. The number of anilines is 1. The smallest absolute Gasteiger partial charge is 0.325 e. The van der Waals surface area contributed by atoms with E-state index in [4.69, 9.17) is 10.00 Å². The van der Waals surface area contributed by atoms with Crippen molar-refractivity contribution in [1.82, 2.24) is 0 Å². The summed E-state index contributed by atoms with van der Waals surface area (Å²) in [5, 5.41) is 8.87. The number of carbonyl (C=O) groups excluding carboxylic acids is 1. The molecule has 0 N–H and O–H groups in total. The third kappa shape index (κ3) is 3.48. The van der Waals surface area contributed by atoms with Crippen molar-refractivity contribution in [2.75, 3.05) is 18.1 Å². The molecule has 0 bridgehead atoms. The van der Waals surface area contributed by atoms with Crippen LogP contribution in [0, 0.1) is 11.3 Å². The van der Waals surface area contributed by atoms with E-state index >= 15 is 0 Å². The van der Waals surface area contributed by atoms with Crippen LogP contribution in [0.1, 0.15) is 25.3 Å². The highest BCUT2D eigenvalue weighted by Gasteiger charge is 2.31. The van der Waals surface area contributed by atoms with Crippen molar-refractivity contribution in [3.8, 4) is 6.07 Å². The third-order valence-corrected chi connectivity index (χ3v) is 3.61. The number of carbonyl (C=O) groups is 1. The van der Waals surface area contributed by atoms with Crippen LogP contribution in [-0.4, -0.2) is 25.2 Å². The number of hydrogen-bond acceptors (Lipinski definition) is 4. The van der Waals surface area contributed by atoms with Crippen molar-refractivity contribution in [2.45, 2.75) is 25.8 Å². The minimum atomic E-state index is -0.217. The maximum Gasteiger partial charge on any atom is 0.325 e. The Morgan fingerprint density at radius 3 is 2.84 bits per heavy atom. The summed E-state index contributed by atoms with van der Waals surface area (Å²) in [6, 6.07) is 7.91. The summed E-state index contributed by atoms with van der Waals surface area (Å²) >= 11 is 3.47. The lowest BCUT2D eigenvalue weighted by atomic mass is 10.2. The van der Waals surface area contributed by atoms with E-state index in [1.54, 1.807) is 19.1 Å². The quantitative estimate of drug-likeness (QED) is 0.782. The van der Waals surface area contributed by atoms with Gasteiger partial charge in [0.15, 0.2) is 0 Å². The number of rotatable bonds is 5. The molecular formula is C14H15BrN2O2. The molecule has 0 unspecified atom stereocenters. The molecule has 100 valence electrons. The standard InChI is InChI=1S/C14H15BrN2O2/c1-2-19-14(18)9-17(11-4-5-11)13-6-3-10(8-16)7-12(13)15/h3,6-7,11H,2,4-5,9H2,1H3.